The third-order valence-electron chi connectivity index (χ3n) is 4.81. The summed E-state index contributed by atoms with van der Waals surface area (Å²) in [4.78, 5) is 10.1. The van der Waals surface area contributed by atoms with Crippen molar-refractivity contribution in [2.75, 3.05) is 6.54 Å². The van der Waals surface area contributed by atoms with Crippen molar-refractivity contribution >= 4 is 0 Å². The second kappa shape index (κ2) is 6.36. The van der Waals surface area contributed by atoms with E-state index < -0.39 is 0 Å². The number of hydrogen-bond donors (Lipinski definition) is 0. The number of nitrogens with zero attached hydrogens (tertiary/aromatic N) is 1. The summed E-state index contributed by atoms with van der Waals surface area (Å²) < 4.78 is 0. The van der Waals surface area contributed by atoms with Crippen molar-refractivity contribution in [2.24, 2.45) is 22.9 Å². The lowest BCUT2D eigenvalue weighted by atomic mass is 9.77. The maximum absolute atomic E-state index is 10.1. The van der Waals surface area contributed by atoms with Gasteiger partial charge >= 0.3 is 0 Å². The molecular formula is C14H25NO. The molecule has 2 nitrogen and oxygen atoms in total. The van der Waals surface area contributed by atoms with E-state index in [4.69, 9.17) is 0 Å². The Morgan fingerprint density at radius 3 is 2.56 bits per heavy atom. The van der Waals surface area contributed by atoms with E-state index in [-0.39, 0.29) is 0 Å². The Bertz CT molecular complexity index is 217. The zero-order valence-corrected chi connectivity index (χ0v) is 10.4. The van der Waals surface area contributed by atoms with Crippen LogP contribution in [0, 0.1) is 22.7 Å². The zero-order valence-electron chi connectivity index (χ0n) is 10.4. The molecule has 3 unspecified atom stereocenters. The number of rotatable bonds is 4. The molecule has 92 valence electrons. The third kappa shape index (κ3) is 3.29. The highest BCUT2D eigenvalue weighted by atomic mass is 16.3. The Morgan fingerprint density at radius 1 is 0.938 bits per heavy atom. The molecule has 0 spiro atoms. The van der Waals surface area contributed by atoms with Gasteiger partial charge in [0.2, 0.25) is 0 Å². The standard InChI is InChI=1S/C14H25NO/c16-15-11-3-8-13-6-1-4-12-5-2-7-14(13)10-9-12/h12-14H,1-11H2. The van der Waals surface area contributed by atoms with Crippen LogP contribution in [0.3, 0.4) is 0 Å². The van der Waals surface area contributed by atoms with Gasteiger partial charge in [0.1, 0.15) is 0 Å². The summed E-state index contributed by atoms with van der Waals surface area (Å²) in [6, 6.07) is 0. The molecule has 2 fully saturated rings. The first-order valence-corrected chi connectivity index (χ1v) is 7.19. The van der Waals surface area contributed by atoms with Gasteiger partial charge in [-0.3, -0.25) is 0 Å². The predicted molar refractivity (Wildman–Crippen MR) is 67.3 cm³/mol. The van der Waals surface area contributed by atoms with E-state index in [9.17, 15) is 4.91 Å². The minimum Gasteiger partial charge on any atom is -0.151 e. The van der Waals surface area contributed by atoms with Gasteiger partial charge < -0.3 is 0 Å². The van der Waals surface area contributed by atoms with E-state index in [1.807, 2.05) is 0 Å². The van der Waals surface area contributed by atoms with Gasteiger partial charge in [-0.1, -0.05) is 50.1 Å². The van der Waals surface area contributed by atoms with Crippen LogP contribution < -0.4 is 0 Å². The van der Waals surface area contributed by atoms with Crippen LogP contribution in [0.5, 0.6) is 0 Å². The highest BCUT2D eigenvalue weighted by Crippen LogP contribution is 2.40. The molecule has 0 saturated heterocycles. The smallest absolute Gasteiger partial charge is 0.0811 e. The molecule has 2 aliphatic carbocycles. The SMILES string of the molecule is O=NCCCC1CCCC2CCCC1CC2. The molecule has 0 amide bonds. The summed E-state index contributed by atoms with van der Waals surface area (Å²) in [6.07, 6.45) is 13.9. The highest BCUT2D eigenvalue weighted by molar-refractivity contribution is 4.79. The molecule has 0 aromatic carbocycles. The second-order valence-corrected chi connectivity index (χ2v) is 5.82. The van der Waals surface area contributed by atoms with Crippen LogP contribution >= 0.6 is 0 Å². The first-order valence-electron chi connectivity index (χ1n) is 7.19. The molecule has 2 aliphatic rings. The lowest BCUT2D eigenvalue weighted by molar-refractivity contribution is 0.232. The van der Waals surface area contributed by atoms with Gasteiger partial charge in [0.25, 0.3) is 0 Å². The molecule has 0 radical (unpaired) electrons. The van der Waals surface area contributed by atoms with Crippen molar-refractivity contribution in [2.45, 2.75) is 64.2 Å². The molecule has 0 heterocycles. The number of hydrogen-bond acceptors (Lipinski definition) is 2. The van der Waals surface area contributed by atoms with E-state index in [0.29, 0.717) is 6.54 Å². The number of nitroso groups, excluding NO2 is 1. The third-order valence-corrected chi connectivity index (χ3v) is 4.81. The van der Waals surface area contributed by atoms with E-state index in [1.165, 1.54) is 57.8 Å². The Labute approximate surface area is 99.2 Å². The van der Waals surface area contributed by atoms with Gasteiger partial charge in [-0.2, -0.15) is 4.91 Å². The molecule has 2 rings (SSSR count). The van der Waals surface area contributed by atoms with Crippen molar-refractivity contribution in [3.63, 3.8) is 0 Å². The largest absolute Gasteiger partial charge is 0.151 e. The van der Waals surface area contributed by atoms with Crippen LogP contribution in [0.2, 0.25) is 0 Å². The van der Waals surface area contributed by atoms with Crippen LogP contribution in [-0.2, 0) is 0 Å². The Morgan fingerprint density at radius 2 is 1.75 bits per heavy atom. The molecule has 16 heavy (non-hydrogen) atoms. The van der Waals surface area contributed by atoms with E-state index >= 15 is 0 Å². The van der Waals surface area contributed by atoms with Crippen LogP contribution in [0.25, 0.3) is 0 Å². The normalized spacial score (nSPS) is 35.1. The van der Waals surface area contributed by atoms with Crippen molar-refractivity contribution < 1.29 is 0 Å². The van der Waals surface area contributed by atoms with Crippen molar-refractivity contribution in [1.29, 1.82) is 0 Å². The Kier molecular flexibility index (Phi) is 4.80. The summed E-state index contributed by atoms with van der Waals surface area (Å²) in [6.45, 7) is 0.534. The fraction of sp³-hybridized carbons (Fsp3) is 1.00. The summed E-state index contributed by atoms with van der Waals surface area (Å²) in [5.41, 5.74) is 0. The van der Waals surface area contributed by atoms with Gasteiger partial charge in [-0.25, -0.2) is 0 Å². The average molecular weight is 223 g/mol. The minimum absolute atomic E-state index is 0.534. The fourth-order valence-electron chi connectivity index (χ4n) is 3.87. The molecule has 0 N–H and O–H groups in total. The van der Waals surface area contributed by atoms with E-state index in [0.717, 1.165) is 24.2 Å². The van der Waals surface area contributed by atoms with E-state index in [1.54, 1.807) is 0 Å². The molecule has 2 bridgehead atoms. The second-order valence-electron chi connectivity index (χ2n) is 5.82. The summed E-state index contributed by atoms with van der Waals surface area (Å²) in [7, 11) is 0. The van der Waals surface area contributed by atoms with Gasteiger partial charge in [-0.05, 0) is 37.0 Å². The molecule has 0 aliphatic heterocycles. The topological polar surface area (TPSA) is 29.4 Å². The monoisotopic (exact) mass is 223 g/mol. The zero-order chi connectivity index (χ0) is 11.2. The molecule has 2 heteroatoms. The molecule has 0 aromatic heterocycles. The Hall–Kier alpha value is -0.400. The average Bonchev–Trinajstić information content (AvgIpc) is 2.45. The highest BCUT2D eigenvalue weighted by Gasteiger charge is 2.27. The first-order chi connectivity index (χ1) is 7.90. The van der Waals surface area contributed by atoms with Crippen LogP contribution in [-0.4, -0.2) is 6.54 Å². The first kappa shape index (κ1) is 12.1. The fourth-order valence-corrected chi connectivity index (χ4v) is 3.87. The van der Waals surface area contributed by atoms with Crippen LogP contribution in [0.1, 0.15) is 64.2 Å². The van der Waals surface area contributed by atoms with Crippen molar-refractivity contribution in [3.05, 3.63) is 4.91 Å². The maximum atomic E-state index is 10.1. The molecule has 0 aromatic rings. The Balaban J connectivity index is 1.87. The van der Waals surface area contributed by atoms with Gasteiger partial charge in [0.05, 0.1) is 6.54 Å². The van der Waals surface area contributed by atoms with Crippen molar-refractivity contribution in [3.8, 4) is 0 Å². The summed E-state index contributed by atoms with van der Waals surface area (Å²) >= 11 is 0. The summed E-state index contributed by atoms with van der Waals surface area (Å²) in [5.74, 6) is 2.92. The molecule has 3 atom stereocenters. The van der Waals surface area contributed by atoms with Gasteiger partial charge in [0, 0.05) is 0 Å². The predicted octanol–water partition coefficient (Wildman–Crippen LogP) is 4.53. The van der Waals surface area contributed by atoms with Gasteiger partial charge in [0.15, 0.2) is 0 Å². The number of fused-ring (bicyclic) bond motifs is 3. The quantitative estimate of drug-likeness (QED) is 0.508. The molecular weight excluding hydrogens is 198 g/mol. The lowest BCUT2D eigenvalue weighted by Gasteiger charge is -2.28. The van der Waals surface area contributed by atoms with E-state index in [2.05, 4.69) is 5.18 Å². The maximum Gasteiger partial charge on any atom is 0.0811 e. The minimum atomic E-state index is 0.534. The summed E-state index contributed by atoms with van der Waals surface area (Å²) in [5, 5.41) is 2.99. The van der Waals surface area contributed by atoms with Gasteiger partial charge in [-0.15, -0.1) is 0 Å². The van der Waals surface area contributed by atoms with Crippen LogP contribution in [0.4, 0.5) is 0 Å². The molecule has 2 saturated carbocycles. The van der Waals surface area contributed by atoms with Crippen LogP contribution in [0.15, 0.2) is 5.18 Å². The van der Waals surface area contributed by atoms with Crippen molar-refractivity contribution in [1.82, 2.24) is 0 Å². The lowest BCUT2D eigenvalue weighted by Crippen LogP contribution is -2.17.